The number of rotatable bonds is 6. The highest BCUT2D eigenvalue weighted by atomic mass is 16.5. The lowest BCUT2D eigenvalue weighted by molar-refractivity contribution is 0.0950. The third-order valence-corrected chi connectivity index (χ3v) is 7.72. The van der Waals surface area contributed by atoms with Gasteiger partial charge in [-0.2, -0.15) is 0 Å². The van der Waals surface area contributed by atoms with Crippen molar-refractivity contribution >= 4 is 39.4 Å². The Labute approximate surface area is 209 Å². The number of carbonyl (C=O) groups is 1. The Balaban J connectivity index is 1.49. The fourth-order valence-corrected chi connectivity index (χ4v) is 5.76. The van der Waals surface area contributed by atoms with Crippen molar-refractivity contribution in [1.29, 1.82) is 0 Å². The van der Waals surface area contributed by atoms with E-state index >= 15 is 0 Å². The largest absolute Gasteiger partial charge is 0.380 e. The number of nitrogens with one attached hydrogen (secondary N) is 1. The van der Waals surface area contributed by atoms with Crippen molar-refractivity contribution < 1.29 is 9.53 Å². The number of imidazole rings is 1. The average Bonchev–Trinajstić information content (AvgIpc) is 3.65. The van der Waals surface area contributed by atoms with Gasteiger partial charge in [-0.25, -0.2) is 4.98 Å². The molecule has 1 unspecified atom stereocenters. The summed E-state index contributed by atoms with van der Waals surface area (Å²) in [5, 5.41) is 3.46. The average molecular weight is 489 g/mol. The van der Waals surface area contributed by atoms with Crippen molar-refractivity contribution in [2.45, 2.75) is 25.4 Å². The molecule has 2 aliphatic rings. The lowest BCUT2D eigenvalue weighted by Gasteiger charge is -2.18. The molecule has 2 saturated heterocycles. The summed E-state index contributed by atoms with van der Waals surface area (Å²) in [6.07, 6.45) is 3.52. The van der Waals surface area contributed by atoms with E-state index in [1.54, 1.807) is 7.11 Å². The van der Waals surface area contributed by atoms with Crippen molar-refractivity contribution in [1.82, 2.24) is 24.2 Å². The first kappa shape index (κ1) is 23.0. The van der Waals surface area contributed by atoms with Crippen molar-refractivity contribution in [3.8, 4) is 0 Å². The minimum Gasteiger partial charge on any atom is -0.380 e. The van der Waals surface area contributed by atoms with Crippen molar-refractivity contribution in [3.63, 3.8) is 0 Å². The van der Waals surface area contributed by atoms with Gasteiger partial charge in [0, 0.05) is 40.3 Å². The Kier molecular flexibility index (Phi) is 5.89. The van der Waals surface area contributed by atoms with E-state index in [-0.39, 0.29) is 23.0 Å². The molecule has 9 heteroatoms. The number of nitrogens with zero attached hydrogens (tertiary/aromatic N) is 5. The number of fused-ring (bicyclic) bond motifs is 5. The van der Waals surface area contributed by atoms with Gasteiger partial charge in [-0.15, -0.1) is 0 Å². The van der Waals surface area contributed by atoms with Gasteiger partial charge in [-0.05, 0) is 56.6 Å². The third kappa shape index (κ3) is 3.74. The summed E-state index contributed by atoms with van der Waals surface area (Å²) in [7, 11) is 3.64. The molecule has 6 rings (SSSR count). The number of benzene rings is 1. The quantitative estimate of drug-likeness (QED) is 0.449. The topological polar surface area (TPSA) is 84.1 Å². The molecule has 0 radical (unpaired) electrons. The van der Waals surface area contributed by atoms with Gasteiger partial charge in [0.05, 0.1) is 22.5 Å². The van der Waals surface area contributed by atoms with Gasteiger partial charge >= 0.3 is 0 Å². The zero-order chi connectivity index (χ0) is 24.8. The van der Waals surface area contributed by atoms with Gasteiger partial charge in [0.15, 0.2) is 5.65 Å². The molecule has 1 aromatic carbocycles. The molecular weight excluding hydrogens is 456 g/mol. The molecule has 36 heavy (non-hydrogen) atoms. The van der Waals surface area contributed by atoms with Crippen LogP contribution in [0.25, 0.3) is 27.7 Å². The van der Waals surface area contributed by atoms with Gasteiger partial charge in [0.1, 0.15) is 17.0 Å². The van der Waals surface area contributed by atoms with Gasteiger partial charge in [0.25, 0.3) is 5.91 Å². The van der Waals surface area contributed by atoms with Crippen LogP contribution in [0.15, 0.2) is 41.2 Å². The molecule has 1 atom stereocenters. The number of amides is 1. The molecule has 9 nitrogen and oxygen atoms in total. The van der Waals surface area contributed by atoms with E-state index in [0.29, 0.717) is 23.2 Å². The van der Waals surface area contributed by atoms with Crippen LogP contribution in [0.2, 0.25) is 0 Å². The summed E-state index contributed by atoms with van der Waals surface area (Å²) in [5.41, 5.74) is 2.85. The van der Waals surface area contributed by atoms with Crippen LogP contribution < -0.4 is 15.6 Å². The molecule has 2 aliphatic heterocycles. The Hall–Kier alpha value is -3.43. The summed E-state index contributed by atoms with van der Waals surface area (Å²) < 4.78 is 9.43. The Bertz CT molecular complexity index is 1520. The molecule has 1 amide bonds. The number of aromatic nitrogens is 3. The van der Waals surface area contributed by atoms with Gasteiger partial charge in [0.2, 0.25) is 5.43 Å². The number of para-hydroxylation sites is 2. The highest BCUT2D eigenvalue weighted by Crippen LogP contribution is 2.28. The van der Waals surface area contributed by atoms with E-state index in [1.807, 2.05) is 52.4 Å². The number of anilines is 1. The maximum Gasteiger partial charge on any atom is 0.259 e. The van der Waals surface area contributed by atoms with Gasteiger partial charge < -0.3 is 24.4 Å². The zero-order valence-electron chi connectivity index (χ0n) is 20.9. The number of hydrogen-bond donors (Lipinski definition) is 1. The lowest BCUT2D eigenvalue weighted by Crippen LogP contribution is -2.36. The van der Waals surface area contributed by atoms with Gasteiger partial charge in [-0.1, -0.05) is 12.1 Å². The highest BCUT2D eigenvalue weighted by molar-refractivity contribution is 6.05. The van der Waals surface area contributed by atoms with Crippen molar-refractivity contribution in [3.05, 3.63) is 52.2 Å². The molecule has 0 spiro atoms. The first-order valence-corrected chi connectivity index (χ1v) is 12.8. The van der Waals surface area contributed by atoms with E-state index in [2.05, 4.69) is 15.1 Å². The molecule has 4 aromatic rings. The summed E-state index contributed by atoms with van der Waals surface area (Å²) in [4.78, 5) is 36.8. The number of ether oxygens (including phenoxy) is 1. The first-order chi connectivity index (χ1) is 17.6. The van der Waals surface area contributed by atoms with Crippen molar-refractivity contribution in [2.75, 3.05) is 51.3 Å². The monoisotopic (exact) mass is 488 g/mol. The molecule has 5 heterocycles. The number of carbonyl (C=O) groups excluding carboxylic acids is 1. The van der Waals surface area contributed by atoms with Crippen LogP contribution >= 0.6 is 0 Å². The number of aryl methyl sites for hydroxylation is 1. The van der Waals surface area contributed by atoms with Crippen molar-refractivity contribution in [2.24, 2.45) is 7.05 Å². The summed E-state index contributed by atoms with van der Waals surface area (Å²) in [6.45, 7) is 5.06. The maximum atomic E-state index is 13.8. The Morgan fingerprint density at radius 1 is 1.11 bits per heavy atom. The third-order valence-electron chi connectivity index (χ3n) is 7.72. The first-order valence-electron chi connectivity index (χ1n) is 12.8. The van der Waals surface area contributed by atoms with Crippen LogP contribution in [-0.4, -0.2) is 77.2 Å². The van der Waals surface area contributed by atoms with Crippen LogP contribution in [0, 0.1) is 0 Å². The molecule has 3 aromatic heterocycles. The van der Waals surface area contributed by atoms with E-state index in [1.165, 1.54) is 12.8 Å². The SMILES string of the molecule is COC1CCN(c2ccc3c(=O)c(C(=O)NCCN4CCCC4)c4n(C)c5ccccc5n4c3n2)C1. The van der Waals surface area contributed by atoms with Crippen LogP contribution in [0.1, 0.15) is 29.6 Å². The predicted molar refractivity (Wildman–Crippen MR) is 141 cm³/mol. The Morgan fingerprint density at radius 3 is 2.64 bits per heavy atom. The highest BCUT2D eigenvalue weighted by Gasteiger charge is 2.27. The second-order valence-corrected chi connectivity index (χ2v) is 9.85. The predicted octanol–water partition coefficient (Wildman–Crippen LogP) is 2.39. The minimum atomic E-state index is -0.337. The molecule has 2 fully saturated rings. The second kappa shape index (κ2) is 9.22. The van der Waals surface area contributed by atoms with E-state index < -0.39 is 0 Å². The molecule has 0 aliphatic carbocycles. The lowest BCUT2D eigenvalue weighted by atomic mass is 10.1. The smallest absolute Gasteiger partial charge is 0.259 e. The fraction of sp³-hybridized carbons (Fsp3) is 0.444. The summed E-state index contributed by atoms with van der Waals surface area (Å²) in [5.74, 6) is 0.474. The Morgan fingerprint density at radius 2 is 1.89 bits per heavy atom. The van der Waals surface area contributed by atoms with E-state index in [0.717, 1.165) is 56.0 Å². The number of likely N-dealkylation sites (tertiary alicyclic amines) is 1. The van der Waals surface area contributed by atoms with Gasteiger partial charge in [-0.3, -0.25) is 14.0 Å². The second-order valence-electron chi connectivity index (χ2n) is 9.85. The van der Waals surface area contributed by atoms with E-state index in [9.17, 15) is 9.59 Å². The molecule has 188 valence electrons. The number of hydrogen-bond acceptors (Lipinski definition) is 6. The molecule has 0 saturated carbocycles. The number of methoxy groups -OCH3 is 1. The maximum absolute atomic E-state index is 13.8. The summed E-state index contributed by atoms with van der Waals surface area (Å²) >= 11 is 0. The van der Waals surface area contributed by atoms with Crippen LogP contribution in [0.5, 0.6) is 0 Å². The summed E-state index contributed by atoms with van der Waals surface area (Å²) in [6, 6.07) is 11.6. The molecule has 0 bridgehead atoms. The zero-order valence-corrected chi connectivity index (χ0v) is 20.9. The van der Waals surface area contributed by atoms with E-state index in [4.69, 9.17) is 9.72 Å². The number of pyridine rings is 2. The van der Waals surface area contributed by atoms with Crippen LogP contribution in [0.3, 0.4) is 0 Å². The van der Waals surface area contributed by atoms with Crippen LogP contribution in [0.4, 0.5) is 5.82 Å². The normalized spacial score (nSPS) is 18.7. The fourth-order valence-electron chi connectivity index (χ4n) is 5.76. The molecule has 1 N–H and O–H groups in total. The van der Waals surface area contributed by atoms with Crippen LogP contribution in [-0.2, 0) is 11.8 Å². The molecular formula is C27H32N6O3. The minimum absolute atomic E-state index is 0.165. The standard InChI is InChI=1S/C27H32N6O3/c1-30-20-7-3-4-8-21(20)33-25-19(9-10-22(29-25)32-15-11-18(17-32)36-2)24(34)23(27(30)33)26(35)28-12-16-31-13-5-6-14-31/h3-4,7-10,18H,5-6,11-17H2,1-2H3,(H,28,35).